The summed E-state index contributed by atoms with van der Waals surface area (Å²) in [6.07, 6.45) is 7.55. The van der Waals surface area contributed by atoms with Gasteiger partial charge in [0.05, 0.1) is 22.5 Å². The number of fused-ring (bicyclic) bond motifs is 1. The number of carbonyl (C=O) groups is 1. The molecule has 1 N–H and O–H groups in total. The minimum absolute atomic E-state index is 0.0376. The van der Waals surface area contributed by atoms with Gasteiger partial charge < -0.3 is 19.9 Å². The molecule has 0 aliphatic carbocycles. The highest BCUT2D eigenvalue weighted by atomic mass is 35.5. The first-order valence-electron chi connectivity index (χ1n) is 13.9. The number of amides is 1. The molecule has 1 unspecified atom stereocenters. The Labute approximate surface area is 254 Å². The number of nitrogens with one attached hydrogen (secondary N) is 1. The number of halogens is 3. The number of hydrogen-bond donors (Lipinski definition) is 1. The van der Waals surface area contributed by atoms with Crippen LogP contribution in [-0.2, 0) is 0 Å². The van der Waals surface area contributed by atoms with E-state index in [9.17, 15) is 13.6 Å². The minimum atomic E-state index is -1.19. The second kappa shape index (κ2) is 14.3. The number of nitriles is 1. The summed E-state index contributed by atoms with van der Waals surface area (Å²) >= 11 is 6.55. The topological polar surface area (TPSA) is 98.8 Å². The van der Waals surface area contributed by atoms with E-state index in [1.54, 1.807) is 46.8 Å². The van der Waals surface area contributed by atoms with Crippen molar-refractivity contribution in [2.24, 2.45) is 5.92 Å². The van der Waals surface area contributed by atoms with E-state index in [1.165, 1.54) is 24.5 Å². The van der Waals surface area contributed by atoms with E-state index in [1.807, 2.05) is 0 Å². The van der Waals surface area contributed by atoms with E-state index in [0.29, 0.717) is 35.2 Å². The van der Waals surface area contributed by atoms with Crippen molar-refractivity contribution in [1.82, 2.24) is 24.2 Å². The van der Waals surface area contributed by atoms with E-state index in [0.717, 1.165) is 25.8 Å². The number of rotatable bonds is 13. The molecule has 0 aliphatic heterocycles. The van der Waals surface area contributed by atoms with Gasteiger partial charge >= 0.3 is 0 Å². The van der Waals surface area contributed by atoms with Crippen LogP contribution in [0.25, 0.3) is 16.9 Å². The van der Waals surface area contributed by atoms with E-state index in [4.69, 9.17) is 21.6 Å². The van der Waals surface area contributed by atoms with Gasteiger partial charge in [-0.15, -0.1) is 0 Å². The van der Waals surface area contributed by atoms with E-state index in [-0.39, 0.29) is 27.9 Å². The van der Waals surface area contributed by atoms with Crippen molar-refractivity contribution < 1.29 is 18.3 Å². The Morgan fingerprint density at radius 3 is 2.60 bits per heavy atom. The van der Waals surface area contributed by atoms with E-state index in [2.05, 4.69) is 41.2 Å². The van der Waals surface area contributed by atoms with Gasteiger partial charge in [0.2, 0.25) is 5.82 Å². The van der Waals surface area contributed by atoms with Crippen molar-refractivity contribution in [3.63, 3.8) is 0 Å². The molecule has 2 aromatic carbocycles. The van der Waals surface area contributed by atoms with Crippen LogP contribution in [0.1, 0.15) is 36.5 Å². The Morgan fingerprint density at radius 2 is 1.91 bits per heavy atom. The van der Waals surface area contributed by atoms with Crippen LogP contribution < -0.4 is 10.1 Å². The van der Waals surface area contributed by atoms with Gasteiger partial charge in [-0.3, -0.25) is 9.20 Å². The molecule has 0 radical (unpaired) electrons. The lowest BCUT2D eigenvalue weighted by Crippen LogP contribution is -2.29. The number of ether oxygens (including phenoxy) is 1. The van der Waals surface area contributed by atoms with Gasteiger partial charge in [-0.2, -0.15) is 9.65 Å². The van der Waals surface area contributed by atoms with Crippen molar-refractivity contribution in [1.29, 1.82) is 5.26 Å². The molecule has 0 fully saturated rings. The average molecular weight is 610 g/mol. The highest BCUT2D eigenvalue weighted by Gasteiger charge is 2.21. The fourth-order valence-electron chi connectivity index (χ4n) is 4.74. The van der Waals surface area contributed by atoms with Crippen molar-refractivity contribution >= 4 is 34.7 Å². The van der Waals surface area contributed by atoms with Crippen molar-refractivity contribution in [3.8, 4) is 23.1 Å². The zero-order chi connectivity index (χ0) is 31.1. The molecule has 0 spiro atoms. The van der Waals surface area contributed by atoms with Crippen LogP contribution in [0.5, 0.6) is 5.75 Å². The predicted molar refractivity (Wildman–Crippen MR) is 163 cm³/mol. The molecule has 0 saturated heterocycles. The maximum Gasteiger partial charge on any atom is 0.255 e. The molecule has 12 heteroatoms. The normalized spacial score (nSPS) is 11.9. The lowest BCUT2D eigenvalue weighted by Gasteiger charge is -2.23. The Morgan fingerprint density at radius 1 is 1.14 bits per heavy atom. The Hall–Kier alpha value is -4.27. The molecule has 4 aromatic rings. The lowest BCUT2D eigenvalue weighted by atomic mass is 9.98. The van der Waals surface area contributed by atoms with Crippen LogP contribution in [0.15, 0.2) is 48.9 Å². The fraction of sp³-hybridized carbons (Fsp3) is 0.355. The molecule has 1 amide bonds. The van der Waals surface area contributed by atoms with Crippen LogP contribution in [0.3, 0.4) is 0 Å². The number of imidazole rings is 1. The Kier molecular flexibility index (Phi) is 10.5. The molecular weight excluding hydrogens is 576 g/mol. The van der Waals surface area contributed by atoms with Crippen LogP contribution in [0.2, 0.25) is 5.02 Å². The van der Waals surface area contributed by atoms with Crippen molar-refractivity contribution in [2.45, 2.75) is 26.2 Å². The quantitative estimate of drug-likeness (QED) is 0.187. The lowest BCUT2D eigenvalue weighted by molar-refractivity contribution is 0.0785. The second-order valence-corrected chi connectivity index (χ2v) is 10.9. The second-order valence-electron chi connectivity index (χ2n) is 10.5. The number of anilines is 2. The third-order valence-electron chi connectivity index (χ3n) is 7.29. The summed E-state index contributed by atoms with van der Waals surface area (Å²) in [5.41, 5.74) is 1.57. The summed E-state index contributed by atoms with van der Waals surface area (Å²) in [5, 5.41) is 12.1. The maximum atomic E-state index is 14.9. The molecule has 43 heavy (non-hydrogen) atoms. The highest BCUT2D eigenvalue weighted by molar-refractivity contribution is 6.34. The first kappa shape index (κ1) is 31.7. The summed E-state index contributed by atoms with van der Waals surface area (Å²) in [6.45, 7) is 3.42. The molecule has 2 aromatic heterocycles. The third kappa shape index (κ3) is 7.39. The zero-order valence-electron chi connectivity index (χ0n) is 24.6. The SMILES string of the molecule is CCC(CCN(C)C)CCN(C)C(=O)c1ccc(Nc2nccn3c(-c4ccc(OCC#N)c(F)c4F)cnc23)cc1Cl. The number of carbonyl (C=O) groups excluding carboxylic acids is 1. The number of hydrogen-bond acceptors (Lipinski definition) is 7. The van der Waals surface area contributed by atoms with Crippen molar-refractivity contribution in [3.05, 3.63) is 71.1 Å². The van der Waals surface area contributed by atoms with Crippen molar-refractivity contribution in [2.75, 3.05) is 46.2 Å². The van der Waals surface area contributed by atoms with Gasteiger partial charge in [0, 0.05) is 37.2 Å². The summed E-state index contributed by atoms with van der Waals surface area (Å²) in [4.78, 5) is 25.7. The zero-order valence-corrected chi connectivity index (χ0v) is 25.3. The smallest absolute Gasteiger partial charge is 0.255 e. The van der Waals surface area contributed by atoms with Crippen LogP contribution in [0.4, 0.5) is 20.3 Å². The molecule has 226 valence electrons. The van der Waals surface area contributed by atoms with Gasteiger partial charge in [0.25, 0.3) is 5.91 Å². The average Bonchev–Trinajstić information content (AvgIpc) is 3.42. The van der Waals surface area contributed by atoms with E-state index >= 15 is 0 Å². The van der Waals surface area contributed by atoms with E-state index < -0.39 is 18.2 Å². The number of benzene rings is 2. The number of nitrogens with zero attached hydrogens (tertiary/aromatic N) is 6. The molecule has 1 atom stereocenters. The first-order valence-corrected chi connectivity index (χ1v) is 14.3. The maximum absolute atomic E-state index is 14.9. The largest absolute Gasteiger partial charge is 0.476 e. The number of aromatic nitrogens is 3. The summed E-state index contributed by atoms with van der Waals surface area (Å²) in [5.74, 6) is -1.94. The fourth-order valence-corrected chi connectivity index (χ4v) is 5.00. The Balaban J connectivity index is 1.49. The minimum Gasteiger partial charge on any atom is -0.476 e. The monoisotopic (exact) mass is 609 g/mol. The summed E-state index contributed by atoms with van der Waals surface area (Å²) in [7, 11) is 5.91. The molecule has 0 saturated carbocycles. The highest BCUT2D eigenvalue weighted by Crippen LogP contribution is 2.32. The van der Waals surface area contributed by atoms with Gasteiger partial charge in [0.15, 0.2) is 29.6 Å². The molecule has 4 rings (SSSR count). The standard InChI is InChI=1S/C31H34ClF2N7O2/c1-5-20(10-14-39(2)3)11-15-40(4)31(42)22-7-6-21(18-24(22)32)38-29-30-37-19-25(41(30)16-13-36-29)23-8-9-26(43-17-12-35)28(34)27(23)33/h6-9,13,16,18-20H,5,10-11,14-15,17H2,1-4H3,(H,36,38). The third-order valence-corrected chi connectivity index (χ3v) is 7.60. The van der Waals surface area contributed by atoms with Gasteiger partial charge in [-0.25, -0.2) is 14.4 Å². The summed E-state index contributed by atoms with van der Waals surface area (Å²) in [6, 6.07) is 9.38. The molecule has 0 aliphatic rings. The molecule has 2 heterocycles. The molecule has 0 bridgehead atoms. The predicted octanol–water partition coefficient (Wildman–Crippen LogP) is 6.41. The van der Waals surface area contributed by atoms with Gasteiger partial charge in [0.1, 0.15) is 6.07 Å². The molecule has 9 nitrogen and oxygen atoms in total. The van der Waals surface area contributed by atoms with Crippen LogP contribution in [0, 0.1) is 28.9 Å². The van der Waals surface area contributed by atoms with Crippen LogP contribution in [-0.4, -0.2) is 70.9 Å². The van der Waals surface area contributed by atoms with Gasteiger partial charge in [-0.05, 0) is 69.7 Å². The molecular formula is C31H34ClF2N7O2. The summed E-state index contributed by atoms with van der Waals surface area (Å²) < 4.78 is 36.0. The first-order chi connectivity index (χ1) is 20.6. The van der Waals surface area contributed by atoms with Crippen LogP contribution >= 0.6 is 11.6 Å². The van der Waals surface area contributed by atoms with Gasteiger partial charge in [-0.1, -0.05) is 24.9 Å². The Bertz CT molecular complexity index is 1640.